The van der Waals surface area contributed by atoms with E-state index in [4.69, 9.17) is 13.9 Å². The zero-order valence-corrected chi connectivity index (χ0v) is 24.2. The maximum atomic E-state index is 13.2. The minimum atomic E-state index is -0.0378. The van der Waals surface area contributed by atoms with Gasteiger partial charge in [-0.3, -0.25) is 9.36 Å². The number of furan rings is 1. The molecule has 0 N–H and O–H groups in total. The number of para-hydroxylation sites is 2. The number of carbonyl (C=O) groups is 1. The van der Waals surface area contributed by atoms with Crippen LogP contribution in [0.4, 0.5) is 5.69 Å². The molecule has 0 unspecified atom stereocenters. The highest BCUT2D eigenvalue weighted by molar-refractivity contribution is 7.98. The molecular weight excluding hydrogens is 560 g/mol. The molecule has 4 heterocycles. The first-order chi connectivity index (χ1) is 20.1. The monoisotopic (exact) mass is 588 g/mol. The van der Waals surface area contributed by atoms with E-state index in [0.717, 1.165) is 35.2 Å². The molecule has 41 heavy (non-hydrogen) atoms. The number of anilines is 1. The summed E-state index contributed by atoms with van der Waals surface area (Å²) in [6.45, 7) is 2.82. The number of benzene rings is 2. The van der Waals surface area contributed by atoms with Crippen molar-refractivity contribution in [3.05, 3.63) is 83.0 Å². The molecule has 1 aliphatic heterocycles. The lowest BCUT2D eigenvalue weighted by Crippen LogP contribution is -2.48. The van der Waals surface area contributed by atoms with Crippen molar-refractivity contribution in [3.8, 4) is 28.8 Å². The summed E-state index contributed by atoms with van der Waals surface area (Å²) in [4.78, 5) is 22.1. The Hall–Kier alpha value is -4.29. The zero-order chi connectivity index (χ0) is 28.2. The third-order valence-corrected chi connectivity index (χ3v) is 8.77. The zero-order valence-electron chi connectivity index (χ0n) is 22.6. The normalized spacial score (nSPS) is 13.4. The van der Waals surface area contributed by atoms with Crippen LogP contribution < -0.4 is 14.4 Å². The average Bonchev–Trinajstić information content (AvgIpc) is 3.81. The van der Waals surface area contributed by atoms with E-state index in [1.165, 1.54) is 23.1 Å². The quantitative estimate of drug-likeness (QED) is 0.214. The number of ether oxygens (including phenoxy) is 2. The number of thiazole rings is 1. The van der Waals surface area contributed by atoms with E-state index in [0.29, 0.717) is 47.0 Å². The number of hydrogen-bond donors (Lipinski definition) is 0. The first kappa shape index (κ1) is 26.9. The van der Waals surface area contributed by atoms with Gasteiger partial charge in [-0.2, -0.15) is 0 Å². The lowest BCUT2D eigenvalue weighted by molar-refractivity contribution is 0.0741. The number of piperazine rings is 1. The van der Waals surface area contributed by atoms with E-state index in [1.807, 2.05) is 75.5 Å². The molecule has 6 rings (SSSR count). The third-order valence-electron chi connectivity index (χ3n) is 6.80. The fraction of sp³-hybridized carbons (Fsp3) is 0.241. The molecule has 0 bridgehead atoms. The highest BCUT2D eigenvalue weighted by Gasteiger charge is 2.25. The summed E-state index contributed by atoms with van der Waals surface area (Å²) in [6.07, 6.45) is 1.61. The molecule has 12 heteroatoms. The van der Waals surface area contributed by atoms with Crippen LogP contribution in [0.25, 0.3) is 17.3 Å². The second-order valence-corrected chi connectivity index (χ2v) is 11.1. The summed E-state index contributed by atoms with van der Waals surface area (Å²) in [6, 6.07) is 19.4. The lowest BCUT2D eigenvalue weighted by atomic mass is 10.2. The Balaban J connectivity index is 1.13. The van der Waals surface area contributed by atoms with Crippen LogP contribution in [-0.2, 0) is 5.75 Å². The lowest BCUT2D eigenvalue weighted by Gasteiger charge is -2.35. The van der Waals surface area contributed by atoms with Gasteiger partial charge in [0.15, 0.2) is 10.9 Å². The predicted molar refractivity (Wildman–Crippen MR) is 158 cm³/mol. The van der Waals surface area contributed by atoms with Gasteiger partial charge in [-0.25, -0.2) is 4.98 Å². The topological polar surface area (TPSA) is 98.8 Å². The van der Waals surface area contributed by atoms with Crippen LogP contribution in [0, 0.1) is 0 Å². The number of hydrogen-bond acceptors (Lipinski definition) is 10. The van der Waals surface area contributed by atoms with Crippen molar-refractivity contribution in [2.45, 2.75) is 10.9 Å². The van der Waals surface area contributed by atoms with Gasteiger partial charge >= 0.3 is 0 Å². The molecule has 1 amide bonds. The van der Waals surface area contributed by atoms with E-state index < -0.39 is 0 Å². The molecule has 3 aromatic heterocycles. The highest BCUT2D eigenvalue weighted by Crippen LogP contribution is 2.34. The summed E-state index contributed by atoms with van der Waals surface area (Å²) in [5, 5.41) is 12.2. The van der Waals surface area contributed by atoms with Gasteiger partial charge in [0.05, 0.1) is 31.9 Å². The van der Waals surface area contributed by atoms with Gasteiger partial charge in [0.1, 0.15) is 22.2 Å². The summed E-state index contributed by atoms with van der Waals surface area (Å²) in [5.74, 6) is 3.20. The standard InChI is InChI=1S/C29H28N6O4S2/c1-37-21-11-9-20(10-12-21)33-13-15-34(16-14-33)28(36)22-18-40-26(30-22)19-41-29-32-31-27(25-8-5-17-39-25)35(29)23-6-3-4-7-24(23)38-2/h3-12,17-18H,13-16,19H2,1-2H3. The van der Waals surface area contributed by atoms with Crippen molar-refractivity contribution >= 4 is 34.7 Å². The minimum absolute atomic E-state index is 0.0378. The number of thioether (sulfide) groups is 1. The largest absolute Gasteiger partial charge is 0.497 e. The summed E-state index contributed by atoms with van der Waals surface area (Å²) < 4.78 is 18.4. The van der Waals surface area contributed by atoms with Gasteiger partial charge in [-0.05, 0) is 48.5 Å². The first-order valence-electron chi connectivity index (χ1n) is 13.0. The van der Waals surface area contributed by atoms with E-state index in [-0.39, 0.29) is 5.91 Å². The first-order valence-corrected chi connectivity index (χ1v) is 14.9. The number of amides is 1. The predicted octanol–water partition coefficient (Wildman–Crippen LogP) is 5.26. The molecule has 0 saturated carbocycles. The second kappa shape index (κ2) is 12.1. The Kier molecular flexibility index (Phi) is 7.92. The van der Waals surface area contributed by atoms with Crippen molar-refractivity contribution in [1.29, 1.82) is 0 Å². The minimum Gasteiger partial charge on any atom is -0.497 e. The van der Waals surface area contributed by atoms with Gasteiger partial charge < -0.3 is 23.7 Å². The van der Waals surface area contributed by atoms with E-state index in [1.54, 1.807) is 20.5 Å². The van der Waals surface area contributed by atoms with Gasteiger partial charge in [0, 0.05) is 37.2 Å². The van der Waals surface area contributed by atoms with Crippen molar-refractivity contribution < 1.29 is 18.7 Å². The van der Waals surface area contributed by atoms with Crippen LogP contribution >= 0.6 is 23.1 Å². The molecule has 0 aliphatic carbocycles. The van der Waals surface area contributed by atoms with Crippen molar-refractivity contribution in [3.63, 3.8) is 0 Å². The molecule has 0 atom stereocenters. The summed E-state index contributed by atoms with van der Waals surface area (Å²) >= 11 is 2.97. The molecule has 0 spiro atoms. The summed E-state index contributed by atoms with van der Waals surface area (Å²) in [7, 11) is 3.30. The molecular formula is C29H28N6O4S2. The number of methoxy groups -OCH3 is 2. The molecule has 2 aromatic carbocycles. The second-order valence-electron chi connectivity index (χ2n) is 9.18. The van der Waals surface area contributed by atoms with Crippen LogP contribution in [0.3, 0.4) is 0 Å². The van der Waals surface area contributed by atoms with Crippen molar-refractivity contribution in [2.24, 2.45) is 0 Å². The SMILES string of the molecule is COc1ccc(N2CCN(C(=O)c3csc(CSc4nnc(-c5ccco5)n4-c4ccccc4OC)n3)CC2)cc1. The van der Waals surface area contributed by atoms with Crippen molar-refractivity contribution in [2.75, 3.05) is 45.3 Å². The molecule has 1 aliphatic rings. The van der Waals surface area contributed by atoms with E-state index in [2.05, 4.69) is 20.1 Å². The fourth-order valence-electron chi connectivity index (χ4n) is 4.68. The van der Waals surface area contributed by atoms with Crippen LogP contribution in [0.1, 0.15) is 15.5 Å². The molecule has 1 saturated heterocycles. The Morgan fingerprint density at radius 3 is 2.51 bits per heavy atom. The maximum Gasteiger partial charge on any atom is 0.273 e. The van der Waals surface area contributed by atoms with Crippen LogP contribution in [-0.4, -0.2) is 71.0 Å². The van der Waals surface area contributed by atoms with Gasteiger partial charge in [0.2, 0.25) is 5.82 Å². The molecule has 10 nitrogen and oxygen atoms in total. The molecule has 1 fully saturated rings. The average molecular weight is 589 g/mol. The van der Waals surface area contributed by atoms with Crippen LogP contribution in [0.2, 0.25) is 0 Å². The number of nitrogens with zero attached hydrogens (tertiary/aromatic N) is 6. The van der Waals surface area contributed by atoms with Gasteiger partial charge in [-0.1, -0.05) is 23.9 Å². The van der Waals surface area contributed by atoms with Crippen LogP contribution in [0.5, 0.6) is 11.5 Å². The fourth-order valence-corrected chi connectivity index (χ4v) is 6.42. The Morgan fingerprint density at radius 2 is 1.78 bits per heavy atom. The van der Waals surface area contributed by atoms with Gasteiger partial charge in [0.25, 0.3) is 5.91 Å². The van der Waals surface area contributed by atoms with Crippen molar-refractivity contribution in [1.82, 2.24) is 24.6 Å². The van der Waals surface area contributed by atoms with Gasteiger partial charge in [-0.15, -0.1) is 21.5 Å². The number of rotatable bonds is 9. The number of carbonyl (C=O) groups excluding carboxylic acids is 1. The smallest absolute Gasteiger partial charge is 0.273 e. The highest BCUT2D eigenvalue weighted by atomic mass is 32.2. The Labute approximate surface area is 245 Å². The summed E-state index contributed by atoms with van der Waals surface area (Å²) in [5.41, 5.74) is 2.41. The molecule has 5 aromatic rings. The Morgan fingerprint density at radius 1 is 0.976 bits per heavy atom. The molecule has 0 radical (unpaired) electrons. The van der Waals surface area contributed by atoms with E-state index in [9.17, 15) is 4.79 Å². The third kappa shape index (κ3) is 5.66. The Bertz CT molecular complexity index is 1610. The van der Waals surface area contributed by atoms with Crippen LogP contribution in [0.15, 0.2) is 81.9 Å². The number of aromatic nitrogens is 4. The van der Waals surface area contributed by atoms with E-state index >= 15 is 0 Å². The molecule has 210 valence electrons. The maximum absolute atomic E-state index is 13.2.